The molecule has 0 nitrogen and oxygen atoms in total. The summed E-state index contributed by atoms with van der Waals surface area (Å²) < 4.78 is 0. The van der Waals surface area contributed by atoms with Gasteiger partial charge in [-0.3, -0.25) is 0 Å². The third kappa shape index (κ3) is 3.51. The van der Waals surface area contributed by atoms with Gasteiger partial charge in [0.1, 0.15) is 0 Å². The Morgan fingerprint density at radius 1 is 0.850 bits per heavy atom. The molecule has 0 aromatic heterocycles. The Bertz CT molecular complexity index is 312. The summed E-state index contributed by atoms with van der Waals surface area (Å²) in [7, 11) is 9.87. The van der Waals surface area contributed by atoms with Gasteiger partial charge in [0, 0.05) is 0 Å². The third-order valence-electron chi connectivity index (χ3n) is 4.69. The number of hydrogen-bond donors (Lipinski definition) is 0. The molecule has 0 amide bonds. The van der Waals surface area contributed by atoms with Crippen LogP contribution < -0.4 is 0 Å². The molecule has 0 spiro atoms. The van der Waals surface area contributed by atoms with E-state index in [9.17, 15) is 0 Å². The van der Waals surface area contributed by atoms with Crippen molar-refractivity contribution in [3.8, 4) is 0 Å². The molecule has 10 radical (unpaired) electrons. The van der Waals surface area contributed by atoms with Gasteiger partial charge in [0.05, 0.1) is 0 Å². The zero-order valence-electron chi connectivity index (χ0n) is 12.2. The van der Waals surface area contributed by atoms with E-state index in [0.717, 1.165) is 0 Å². The first-order valence-corrected chi connectivity index (χ1v) is 13.2. The summed E-state index contributed by atoms with van der Waals surface area (Å²) in [6.07, 6.45) is 18.2. The van der Waals surface area contributed by atoms with Gasteiger partial charge in [-0.25, -0.2) is 0 Å². The summed E-state index contributed by atoms with van der Waals surface area (Å²) in [5.74, 6) is 4.56. The summed E-state index contributed by atoms with van der Waals surface area (Å²) in [5.41, 5.74) is 0.558. The fourth-order valence-electron chi connectivity index (χ4n) is 3.36. The van der Waals surface area contributed by atoms with Gasteiger partial charge in [-0.05, 0) is 86.4 Å². The Hall–Kier alpha value is 1.46. The van der Waals surface area contributed by atoms with E-state index in [2.05, 4.69) is 65.7 Å². The fraction of sp³-hybridized carbons (Fsp3) is 0.412. The molecule has 0 bridgehead atoms. The average Bonchev–Trinajstić information content (AvgIpc) is 3.06. The third-order valence-corrected chi connectivity index (χ3v) is 4.69. The van der Waals surface area contributed by atoms with E-state index in [0.29, 0.717) is 5.41 Å². The molecule has 0 aromatic rings. The van der Waals surface area contributed by atoms with Crippen molar-refractivity contribution < 1.29 is 20.8 Å². The van der Waals surface area contributed by atoms with Crippen molar-refractivity contribution in [2.45, 2.75) is 33.6 Å². The van der Waals surface area contributed by atoms with Gasteiger partial charge in [0.15, 0.2) is 0 Å². The summed E-state index contributed by atoms with van der Waals surface area (Å²) in [6, 6.07) is 0. The summed E-state index contributed by atoms with van der Waals surface area (Å²) in [5, 5.41) is 0. The van der Waals surface area contributed by atoms with E-state index in [-0.39, 0.29) is 5.41 Å². The Kier molecular flexibility index (Phi) is 6.55. The van der Waals surface area contributed by atoms with E-state index in [1.165, 1.54) is 18.8 Å². The second kappa shape index (κ2) is 7.36. The van der Waals surface area contributed by atoms with E-state index in [4.69, 9.17) is 17.0 Å². The van der Waals surface area contributed by atoms with Crippen molar-refractivity contribution in [2.75, 3.05) is 0 Å². The minimum atomic E-state index is -0.826. The van der Waals surface area contributed by atoms with Crippen LogP contribution >= 0.6 is 17.0 Å². The monoisotopic (exact) mass is 384 g/mol. The van der Waals surface area contributed by atoms with Crippen molar-refractivity contribution in [3.63, 3.8) is 0 Å². The molecule has 3 aliphatic rings. The maximum atomic E-state index is 4.93. The van der Waals surface area contributed by atoms with Crippen LogP contribution in [0.1, 0.15) is 33.6 Å². The first-order chi connectivity index (χ1) is 9.45. The number of halogens is 2. The summed E-state index contributed by atoms with van der Waals surface area (Å²) in [4.78, 5) is 0. The summed E-state index contributed by atoms with van der Waals surface area (Å²) in [6.45, 7) is 7.14. The van der Waals surface area contributed by atoms with E-state index in [1.807, 2.05) is 0 Å². The molecule has 0 N–H and O–H groups in total. The molecule has 3 heteroatoms. The predicted molar refractivity (Wildman–Crippen MR) is 82.7 cm³/mol. The Labute approximate surface area is 144 Å². The van der Waals surface area contributed by atoms with Crippen LogP contribution in [0.4, 0.5) is 0 Å². The molecule has 3 aliphatic carbocycles. The van der Waals surface area contributed by atoms with Crippen LogP contribution in [0, 0.1) is 73.5 Å². The van der Waals surface area contributed by atoms with Gasteiger partial charge < -0.3 is 0 Å². The second-order valence-corrected chi connectivity index (χ2v) is 10.0. The fourth-order valence-corrected chi connectivity index (χ4v) is 3.36. The normalized spacial score (nSPS) is 34.2. The molecule has 0 aliphatic heterocycles. The minimum absolute atomic E-state index is 0.220. The quantitative estimate of drug-likeness (QED) is 0.568. The van der Waals surface area contributed by atoms with E-state index >= 15 is 0 Å². The molecule has 1 unspecified atom stereocenters. The Morgan fingerprint density at radius 2 is 1.40 bits per heavy atom. The first kappa shape index (κ1) is 17.8. The molecular weight excluding hydrogens is 366 g/mol. The molecule has 104 valence electrons. The van der Waals surface area contributed by atoms with Crippen molar-refractivity contribution >= 4 is 17.0 Å². The van der Waals surface area contributed by atoms with Gasteiger partial charge in [0.2, 0.25) is 0 Å². The van der Waals surface area contributed by atoms with Crippen LogP contribution in [0.5, 0.6) is 0 Å². The van der Waals surface area contributed by atoms with Crippen LogP contribution in [0.3, 0.4) is 0 Å². The molecule has 1 atom stereocenters. The van der Waals surface area contributed by atoms with Crippen molar-refractivity contribution in [1.29, 1.82) is 0 Å². The predicted octanol–water partition coefficient (Wildman–Crippen LogP) is 5.37. The first-order valence-electron chi connectivity index (χ1n) is 6.91. The van der Waals surface area contributed by atoms with Gasteiger partial charge in [-0.1, -0.05) is 20.8 Å². The van der Waals surface area contributed by atoms with E-state index in [1.54, 1.807) is 11.8 Å². The Morgan fingerprint density at radius 3 is 2.00 bits per heavy atom. The zero-order valence-corrected chi connectivity index (χ0v) is 16.2. The van der Waals surface area contributed by atoms with Crippen LogP contribution in [0.15, 0.2) is 0 Å². The average molecular weight is 386 g/mol. The van der Waals surface area contributed by atoms with Gasteiger partial charge in [-0.2, -0.15) is 0 Å². The van der Waals surface area contributed by atoms with Crippen LogP contribution in [-0.2, 0) is 20.8 Å². The van der Waals surface area contributed by atoms with Gasteiger partial charge in [-0.15, -0.1) is 0 Å². The SMILES string of the molecule is CC1(C)CCC(C)([C]2[CH][CH][CH][CH]2)[C]2[CH][CH][CH][C]21.[Cl][Zr+2][Cl]. The molecule has 3 saturated carbocycles. The topological polar surface area (TPSA) is 0 Å². The van der Waals surface area contributed by atoms with Crippen molar-refractivity contribution in [2.24, 2.45) is 10.8 Å². The molecular formula is C17H20Cl2Zr+2. The molecule has 0 aromatic carbocycles. The molecule has 20 heavy (non-hydrogen) atoms. The standard InChI is InChI=1S/C17H20.2ClH.Zr/c1-16(2)11-12-17(3,13-7-4-5-8-13)15-10-6-9-14(15)16;;;/h4-10H,11-12H2,1-3H3;2*1H;/q;;;+4/p-2. The number of hydrogen-bond acceptors (Lipinski definition) is 0. The Balaban J connectivity index is 0.000000452. The molecule has 0 saturated heterocycles. The van der Waals surface area contributed by atoms with Crippen LogP contribution in [-0.4, -0.2) is 0 Å². The van der Waals surface area contributed by atoms with Crippen LogP contribution in [0.2, 0.25) is 0 Å². The molecule has 3 rings (SSSR count). The van der Waals surface area contributed by atoms with Gasteiger partial charge in [0.25, 0.3) is 0 Å². The van der Waals surface area contributed by atoms with Crippen LogP contribution in [0.25, 0.3) is 0 Å². The second-order valence-electron chi connectivity index (χ2n) is 6.31. The van der Waals surface area contributed by atoms with Crippen molar-refractivity contribution in [3.05, 3.63) is 62.7 Å². The maximum absolute atomic E-state index is 4.93. The van der Waals surface area contributed by atoms with Crippen molar-refractivity contribution in [1.82, 2.24) is 0 Å². The number of rotatable bonds is 1. The van der Waals surface area contributed by atoms with E-state index < -0.39 is 20.8 Å². The van der Waals surface area contributed by atoms with Gasteiger partial charge >= 0.3 is 37.9 Å². The molecule has 3 fully saturated rings. The molecule has 0 heterocycles. The zero-order chi connectivity index (χ0) is 14.8. The number of fused-ring (bicyclic) bond motifs is 1. The summed E-state index contributed by atoms with van der Waals surface area (Å²) >= 11 is -0.826.